The highest BCUT2D eigenvalue weighted by atomic mass is 35.5. The second kappa shape index (κ2) is 10.2. The number of benzene rings is 2. The van der Waals surface area contributed by atoms with Crippen molar-refractivity contribution in [2.75, 3.05) is 14.2 Å². The van der Waals surface area contributed by atoms with Crippen LogP contribution in [0.3, 0.4) is 0 Å². The van der Waals surface area contributed by atoms with Crippen molar-refractivity contribution < 1.29 is 9.47 Å². The van der Waals surface area contributed by atoms with E-state index in [4.69, 9.17) is 14.6 Å². The Labute approximate surface area is 173 Å². The summed E-state index contributed by atoms with van der Waals surface area (Å²) in [5.41, 5.74) is 4.32. The van der Waals surface area contributed by atoms with E-state index < -0.39 is 0 Å². The summed E-state index contributed by atoms with van der Waals surface area (Å²) < 4.78 is 12.9. The quantitative estimate of drug-likeness (QED) is 0.345. The average molecular weight is 401 g/mol. The monoisotopic (exact) mass is 400 g/mol. The number of methoxy groups -OCH3 is 2. The molecule has 3 rings (SSSR count). The summed E-state index contributed by atoms with van der Waals surface area (Å²) in [5.74, 6) is 1.57. The summed E-state index contributed by atoms with van der Waals surface area (Å²) >= 11 is 0. The molecule has 4 nitrogen and oxygen atoms in total. The summed E-state index contributed by atoms with van der Waals surface area (Å²) in [4.78, 5) is 0. The van der Waals surface area contributed by atoms with Gasteiger partial charge in [0.1, 0.15) is 17.0 Å². The minimum Gasteiger partial charge on any atom is -0.497 e. The van der Waals surface area contributed by atoms with Gasteiger partial charge in [-0.3, -0.25) is 4.68 Å². The molecule has 0 amide bonds. The Kier molecular flexibility index (Phi) is 7.94. The van der Waals surface area contributed by atoms with Crippen LogP contribution in [0.1, 0.15) is 31.9 Å². The van der Waals surface area contributed by atoms with Crippen molar-refractivity contribution in [1.82, 2.24) is 9.78 Å². The summed E-state index contributed by atoms with van der Waals surface area (Å²) in [5, 5.41) is 6.01. The third-order valence-corrected chi connectivity index (χ3v) is 4.89. The zero-order valence-electron chi connectivity index (χ0n) is 17.1. The first-order valence-electron chi connectivity index (χ1n) is 9.51. The van der Waals surface area contributed by atoms with E-state index in [1.165, 1.54) is 23.9 Å². The van der Waals surface area contributed by atoms with Gasteiger partial charge in [0, 0.05) is 41.7 Å². The van der Waals surface area contributed by atoms with E-state index in [0.29, 0.717) is 0 Å². The number of ether oxygens (including phenoxy) is 2. The van der Waals surface area contributed by atoms with E-state index in [1.54, 1.807) is 14.2 Å². The summed E-state index contributed by atoms with van der Waals surface area (Å²) in [6, 6.07) is 12.2. The standard InChI is InChI=1S/C23H28N2O2.ClH/c1-5-6-7-8-9-13-21-20-12-10-11-19(23(20)24-25(21)2)18-15-14-17(26-3)16-22(18)27-4;/h8-12,14-16H,5-7,13H2,1-4H3;1H. The van der Waals surface area contributed by atoms with Gasteiger partial charge < -0.3 is 9.47 Å². The van der Waals surface area contributed by atoms with Gasteiger partial charge in [-0.15, -0.1) is 12.4 Å². The zero-order chi connectivity index (χ0) is 19.2. The molecule has 1 aromatic heterocycles. The molecule has 2 aromatic carbocycles. The fourth-order valence-electron chi connectivity index (χ4n) is 3.38. The molecule has 0 aliphatic carbocycles. The van der Waals surface area contributed by atoms with Gasteiger partial charge in [0.25, 0.3) is 0 Å². The molecule has 28 heavy (non-hydrogen) atoms. The number of hydrogen-bond acceptors (Lipinski definition) is 3. The van der Waals surface area contributed by atoms with Gasteiger partial charge in [-0.2, -0.15) is 5.10 Å². The second-order valence-electron chi connectivity index (χ2n) is 6.66. The molecule has 0 radical (unpaired) electrons. The normalized spacial score (nSPS) is 11.0. The zero-order valence-corrected chi connectivity index (χ0v) is 17.9. The number of allylic oxidation sites excluding steroid dienone is 2. The molecule has 0 fully saturated rings. The number of rotatable bonds is 8. The predicted molar refractivity (Wildman–Crippen MR) is 119 cm³/mol. The summed E-state index contributed by atoms with van der Waals surface area (Å²) in [7, 11) is 5.36. The highest BCUT2D eigenvalue weighted by Crippen LogP contribution is 2.37. The van der Waals surface area contributed by atoms with Crippen LogP contribution in [0.5, 0.6) is 11.5 Å². The van der Waals surface area contributed by atoms with E-state index in [9.17, 15) is 0 Å². The lowest BCUT2D eigenvalue weighted by Gasteiger charge is -2.11. The molecule has 0 aliphatic rings. The van der Waals surface area contributed by atoms with E-state index >= 15 is 0 Å². The van der Waals surface area contributed by atoms with Crippen molar-refractivity contribution in [3.8, 4) is 22.6 Å². The molecule has 0 saturated heterocycles. The largest absolute Gasteiger partial charge is 0.497 e. The third-order valence-electron chi connectivity index (χ3n) is 4.89. The molecule has 0 aliphatic heterocycles. The molecule has 3 aromatic rings. The van der Waals surface area contributed by atoms with Crippen molar-refractivity contribution in [2.45, 2.75) is 32.6 Å². The number of aryl methyl sites for hydroxylation is 1. The Balaban J connectivity index is 0.00000280. The van der Waals surface area contributed by atoms with Crippen LogP contribution in [0.25, 0.3) is 22.0 Å². The third kappa shape index (κ3) is 4.50. The lowest BCUT2D eigenvalue weighted by Crippen LogP contribution is -1.96. The predicted octanol–water partition coefficient (Wildman–Crippen LogP) is 5.97. The average Bonchev–Trinajstić information content (AvgIpc) is 3.02. The molecule has 0 bridgehead atoms. The van der Waals surface area contributed by atoms with Gasteiger partial charge in [0.05, 0.1) is 14.2 Å². The SMILES string of the molecule is CCCCC=CCc1c2cccc(-c3ccc(OC)cc3OC)c2nn1C.Cl. The highest BCUT2D eigenvalue weighted by molar-refractivity contribution is 5.96. The van der Waals surface area contributed by atoms with E-state index in [-0.39, 0.29) is 12.4 Å². The molecule has 1 heterocycles. The molecule has 0 N–H and O–H groups in total. The fourth-order valence-corrected chi connectivity index (χ4v) is 3.38. The molecule has 0 saturated carbocycles. The highest BCUT2D eigenvalue weighted by Gasteiger charge is 2.15. The minimum absolute atomic E-state index is 0. The van der Waals surface area contributed by atoms with Crippen LogP contribution in [0, 0.1) is 0 Å². The van der Waals surface area contributed by atoms with Crippen LogP contribution >= 0.6 is 12.4 Å². The van der Waals surface area contributed by atoms with Gasteiger partial charge in [0.2, 0.25) is 0 Å². The van der Waals surface area contributed by atoms with Crippen LogP contribution in [-0.4, -0.2) is 24.0 Å². The van der Waals surface area contributed by atoms with Crippen molar-refractivity contribution >= 4 is 23.3 Å². The van der Waals surface area contributed by atoms with Crippen LogP contribution < -0.4 is 9.47 Å². The van der Waals surface area contributed by atoms with Crippen molar-refractivity contribution in [2.24, 2.45) is 7.05 Å². The first-order chi connectivity index (χ1) is 13.2. The van der Waals surface area contributed by atoms with Crippen LogP contribution in [-0.2, 0) is 13.5 Å². The Morgan fingerprint density at radius 2 is 1.86 bits per heavy atom. The number of unbranched alkanes of at least 4 members (excludes halogenated alkanes) is 2. The second-order valence-corrected chi connectivity index (χ2v) is 6.66. The topological polar surface area (TPSA) is 36.3 Å². The summed E-state index contributed by atoms with van der Waals surface area (Å²) in [6.07, 6.45) is 9.03. The van der Waals surface area contributed by atoms with Crippen LogP contribution in [0.4, 0.5) is 0 Å². The number of halogens is 1. The Morgan fingerprint density at radius 1 is 1.04 bits per heavy atom. The van der Waals surface area contributed by atoms with Crippen LogP contribution in [0.15, 0.2) is 48.6 Å². The molecular formula is C23H29ClN2O2. The molecule has 0 unspecified atom stereocenters. The molecular weight excluding hydrogens is 372 g/mol. The lowest BCUT2D eigenvalue weighted by molar-refractivity contribution is 0.395. The molecule has 0 spiro atoms. The Bertz CT molecular complexity index is 947. The summed E-state index contributed by atoms with van der Waals surface area (Å²) in [6.45, 7) is 2.22. The molecule has 150 valence electrons. The fraction of sp³-hybridized carbons (Fsp3) is 0.348. The maximum atomic E-state index is 5.60. The number of hydrogen-bond donors (Lipinski definition) is 0. The minimum atomic E-state index is 0. The smallest absolute Gasteiger partial charge is 0.130 e. The lowest BCUT2D eigenvalue weighted by atomic mass is 10.0. The van der Waals surface area contributed by atoms with Crippen molar-refractivity contribution in [3.63, 3.8) is 0 Å². The van der Waals surface area contributed by atoms with E-state index in [0.717, 1.165) is 41.0 Å². The van der Waals surface area contributed by atoms with Gasteiger partial charge in [-0.25, -0.2) is 0 Å². The first-order valence-corrected chi connectivity index (χ1v) is 9.51. The first kappa shape index (κ1) is 21.8. The maximum Gasteiger partial charge on any atom is 0.130 e. The number of nitrogens with zero attached hydrogens (tertiary/aromatic N) is 2. The van der Waals surface area contributed by atoms with Gasteiger partial charge in [-0.05, 0) is 18.6 Å². The molecule has 0 atom stereocenters. The van der Waals surface area contributed by atoms with Crippen LogP contribution in [0.2, 0.25) is 0 Å². The Morgan fingerprint density at radius 3 is 2.57 bits per heavy atom. The number of fused-ring (bicyclic) bond motifs is 1. The van der Waals surface area contributed by atoms with Gasteiger partial charge in [0.15, 0.2) is 0 Å². The maximum absolute atomic E-state index is 5.60. The number of aromatic nitrogens is 2. The molecule has 5 heteroatoms. The van der Waals surface area contributed by atoms with Gasteiger partial charge in [-0.1, -0.05) is 50.1 Å². The van der Waals surface area contributed by atoms with Gasteiger partial charge >= 0.3 is 0 Å². The van der Waals surface area contributed by atoms with Crippen molar-refractivity contribution in [3.05, 3.63) is 54.2 Å². The van der Waals surface area contributed by atoms with E-state index in [2.05, 4.69) is 37.3 Å². The van der Waals surface area contributed by atoms with Crippen molar-refractivity contribution in [1.29, 1.82) is 0 Å². The Hall–Kier alpha value is -2.46. The van der Waals surface area contributed by atoms with E-state index in [1.807, 2.05) is 29.9 Å².